The fourth-order valence-corrected chi connectivity index (χ4v) is 4.74. The van der Waals surface area contributed by atoms with E-state index in [1.165, 1.54) is 12.1 Å². The zero-order chi connectivity index (χ0) is 27.0. The van der Waals surface area contributed by atoms with E-state index in [0.29, 0.717) is 0 Å². The van der Waals surface area contributed by atoms with E-state index in [1.807, 2.05) is 4.72 Å². The Morgan fingerprint density at radius 1 is 1.11 bits per heavy atom. The van der Waals surface area contributed by atoms with Crippen LogP contribution < -0.4 is 10.0 Å². The van der Waals surface area contributed by atoms with Crippen molar-refractivity contribution in [1.29, 1.82) is 0 Å². The molecule has 2 heterocycles. The summed E-state index contributed by atoms with van der Waals surface area (Å²) in [5, 5.41) is 2.63. The molecule has 0 bridgehead atoms. The maximum atomic E-state index is 15.2. The molecule has 2 aromatic carbocycles. The Labute approximate surface area is 207 Å². The number of H-pyrrole nitrogens is 1. The first-order valence-electron chi connectivity index (χ1n) is 10.7. The van der Waals surface area contributed by atoms with Gasteiger partial charge in [0.25, 0.3) is 0 Å². The van der Waals surface area contributed by atoms with Crippen LogP contribution in [-0.4, -0.2) is 34.9 Å². The quantitative estimate of drug-likeness (QED) is 0.205. The third-order valence-electron chi connectivity index (χ3n) is 5.22. The van der Waals surface area contributed by atoms with Gasteiger partial charge in [-0.25, -0.2) is 27.2 Å². The Kier molecular flexibility index (Phi) is 6.86. The number of ketones is 1. The van der Waals surface area contributed by atoms with E-state index in [0.717, 1.165) is 36.8 Å². The number of aromatic amines is 1. The molecule has 0 aliphatic carbocycles. The minimum absolute atomic E-state index is 0.0147. The van der Waals surface area contributed by atoms with E-state index in [4.69, 9.17) is 0 Å². The van der Waals surface area contributed by atoms with E-state index in [2.05, 4.69) is 20.3 Å². The number of carbonyl (C=O) groups excluding carboxylic acids is 1. The first kappa shape index (κ1) is 26.0. The summed E-state index contributed by atoms with van der Waals surface area (Å²) in [5.74, 6) is -4.27. The SMILES string of the molecule is CCCS(=O)(=O)Nc1ccc(F)c(C(=O)c2c[nH]c3ncnc(Nc4cccc(C(F)(F)F)c4)c23)c1F. The molecule has 0 radical (unpaired) electrons. The zero-order valence-electron chi connectivity index (χ0n) is 19.0. The predicted octanol–water partition coefficient (Wildman–Crippen LogP) is 5.38. The summed E-state index contributed by atoms with van der Waals surface area (Å²) in [5.41, 5.74) is -2.83. The Morgan fingerprint density at radius 2 is 1.86 bits per heavy atom. The van der Waals surface area contributed by atoms with Crippen LogP contribution in [0.1, 0.15) is 34.8 Å². The topological polar surface area (TPSA) is 117 Å². The smallest absolute Gasteiger partial charge is 0.345 e. The number of carbonyl (C=O) groups is 1. The van der Waals surface area contributed by atoms with E-state index in [9.17, 15) is 30.8 Å². The standard InChI is InChI=1S/C23H18F5N5O3S/c1-2-8-37(35,36)33-16-7-6-15(24)18(19(16)25)20(34)14-10-29-21-17(14)22(31-11-30-21)32-13-5-3-4-12(9-13)23(26,27)28/h3-7,9-11,33H,2,8H2,1H3,(H2,29,30,31,32). The molecular weight excluding hydrogens is 521 g/mol. The number of sulfonamides is 1. The van der Waals surface area contributed by atoms with Crippen LogP contribution in [0.25, 0.3) is 11.0 Å². The fraction of sp³-hybridized carbons (Fsp3) is 0.174. The first-order valence-corrected chi connectivity index (χ1v) is 12.4. The Morgan fingerprint density at radius 3 is 2.57 bits per heavy atom. The second-order valence-corrected chi connectivity index (χ2v) is 9.73. The van der Waals surface area contributed by atoms with Gasteiger partial charge >= 0.3 is 6.18 Å². The molecule has 4 aromatic rings. The molecule has 0 atom stereocenters. The highest BCUT2D eigenvalue weighted by atomic mass is 32.2. The van der Waals surface area contributed by atoms with Crippen molar-refractivity contribution < 1.29 is 35.2 Å². The summed E-state index contributed by atoms with van der Waals surface area (Å²) < 4.78 is 95.3. The largest absolute Gasteiger partial charge is 0.416 e. The summed E-state index contributed by atoms with van der Waals surface area (Å²) in [4.78, 5) is 23.9. The lowest BCUT2D eigenvalue weighted by Crippen LogP contribution is -2.18. The Balaban J connectivity index is 1.77. The molecule has 0 spiro atoms. The third-order valence-corrected chi connectivity index (χ3v) is 6.70. The maximum Gasteiger partial charge on any atom is 0.416 e. The van der Waals surface area contributed by atoms with Gasteiger partial charge in [-0.15, -0.1) is 0 Å². The van der Waals surface area contributed by atoms with Gasteiger partial charge in [0.2, 0.25) is 15.8 Å². The van der Waals surface area contributed by atoms with Gasteiger partial charge < -0.3 is 10.3 Å². The number of anilines is 3. The zero-order valence-corrected chi connectivity index (χ0v) is 19.8. The number of hydrogen-bond donors (Lipinski definition) is 3. The van der Waals surface area contributed by atoms with Gasteiger partial charge in [-0.05, 0) is 36.8 Å². The Hall–Kier alpha value is -4.07. The molecule has 4 rings (SSSR count). The number of nitrogens with zero attached hydrogens (tertiary/aromatic N) is 2. The van der Waals surface area contributed by atoms with Gasteiger partial charge in [-0.1, -0.05) is 13.0 Å². The molecule has 3 N–H and O–H groups in total. The summed E-state index contributed by atoms with van der Waals surface area (Å²) in [6.45, 7) is 1.60. The van der Waals surface area contributed by atoms with Crippen molar-refractivity contribution in [2.24, 2.45) is 0 Å². The molecule has 0 aliphatic rings. The molecular formula is C23H18F5N5O3S. The normalized spacial score (nSPS) is 12.1. The Bertz CT molecular complexity index is 1600. The van der Waals surface area contributed by atoms with Gasteiger partial charge in [0.05, 0.1) is 33.5 Å². The van der Waals surface area contributed by atoms with Crippen LogP contribution in [0.2, 0.25) is 0 Å². The summed E-state index contributed by atoms with van der Waals surface area (Å²) in [6, 6.07) is 5.80. The average Bonchev–Trinajstić information content (AvgIpc) is 3.26. The van der Waals surface area contributed by atoms with Crippen molar-refractivity contribution in [1.82, 2.24) is 15.0 Å². The minimum Gasteiger partial charge on any atom is -0.345 e. The molecule has 2 aromatic heterocycles. The highest BCUT2D eigenvalue weighted by Gasteiger charge is 2.31. The number of aromatic nitrogens is 3. The lowest BCUT2D eigenvalue weighted by molar-refractivity contribution is -0.137. The minimum atomic E-state index is -4.60. The van der Waals surface area contributed by atoms with Crippen molar-refractivity contribution in [2.45, 2.75) is 19.5 Å². The third kappa shape index (κ3) is 5.38. The van der Waals surface area contributed by atoms with Crippen LogP contribution in [0.4, 0.5) is 39.1 Å². The van der Waals surface area contributed by atoms with Crippen LogP contribution in [0, 0.1) is 11.6 Å². The van der Waals surface area contributed by atoms with Gasteiger partial charge in [0.1, 0.15) is 23.6 Å². The van der Waals surface area contributed by atoms with Crippen molar-refractivity contribution >= 4 is 44.0 Å². The number of rotatable bonds is 8. The van der Waals surface area contributed by atoms with Crippen LogP contribution in [-0.2, 0) is 16.2 Å². The second-order valence-electron chi connectivity index (χ2n) is 7.89. The fourth-order valence-electron chi connectivity index (χ4n) is 3.61. The molecule has 37 heavy (non-hydrogen) atoms. The summed E-state index contributed by atoms with van der Waals surface area (Å²) >= 11 is 0. The lowest BCUT2D eigenvalue weighted by Gasteiger charge is -2.12. The molecule has 194 valence electrons. The number of halogens is 5. The van der Waals surface area contributed by atoms with Gasteiger partial charge in [-0.3, -0.25) is 9.52 Å². The summed E-state index contributed by atoms with van der Waals surface area (Å²) in [6.07, 6.45) is -2.17. The highest BCUT2D eigenvalue weighted by Crippen LogP contribution is 2.34. The van der Waals surface area contributed by atoms with E-state index >= 15 is 4.39 Å². The first-order chi connectivity index (χ1) is 17.4. The van der Waals surface area contributed by atoms with E-state index in [1.54, 1.807) is 6.92 Å². The van der Waals surface area contributed by atoms with Crippen molar-refractivity contribution in [3.63, 3.8) is 0 Å². The molecule has 0 fully saturated rings. The molecule has 8 nitrogen and oxygen atoms in total. The molecule has 0 unspecified atom stereocenters. The highest BCUT2D eigenvalue weighted by molar-refractivity contribution is 7.92. The molecule has 14 heteroatoms. The monoisotopic (exact) mass is 539 g/mol. The van der Waals surface area contributed by atoms with Crippen molar-refractivity contribution in [3.8, 4) is 0 Å². The van der Waals surface area contributed by atoms with E-state index in [-0.39, 0.29) is 40.3 Å². The van der Waals surface area contributed by atoms with Gasteiger partial charge in [0.15, 0.2) is 5.82 Å². The summed E-state index contributed by atoms with van der Waals surface area (Å²) in [7, 11) is -3.95. The van der Waals surface area contributed by atoms with Crippen LogP contribution >= 0.6 is 0 Å². The number of nitrogens with one attached hydrogen (secondary N) is 3. The van der Waals surface area contributed by atoms with Crippen LogP contribution in [0.5, 0.6) is 0 Å². The number of hydrogen-bond acceptors (Lipinski definition) is 6. The lowest BCUT2D eigenvalue weighted by atomic mass is 10.0. The van der Waals surface area contributed by atoms with Crippen molar-refractivity contribution in [2.75, 3.05) is 15.8 Å². The van der Waals surface area contributed by atoms with Crippen LogP contribution in [0.3, 0.4) is 0 Å². The van der Waals surface area contributed by atoms with Gasteiger partial charge in [-0.2, -0.15) is 13.2 Å². The molecule has 0 saturated carbocycles. The van der Waals surface area contributed by atoms with Crippen LogP contribution in [0.15, 0.2) is 48.9 Å². The van der Waals surface area contributed by atoms with E-state index < -0.39 is 50.4 Å². The second kappa shape index (κ2) is 9.76. The molecule has 0 saturated heterocycles. The molecule has 0 aliphatic heterocycles. The molecule has 0 amide bonds. The number of fused-ring (bicyclic) bond motifs is 1. The number of alkyl halides is 3. The maximum absolute atomic E-state index is 15.2. The van der Waals surface area contributed by atoms with Crippen molar-refractivity contribution in [3.05, 3.63) is 77.2 Å². The average molecular weight is 539 g/mol. The predicted molar refractivity (Wildman–Crippen MR) is 126 cm³/mol. The number of benzene rings is 2. The van der Waals surface area contributed by atoms with Gasteiger partial charge in [0, 0.05) is 11.9 Å².